The zero-order chi connectivity index (χ0) is 42.2. The first-order valence-corrected chi connectivity index (χ1v) is 23.7. The fourth-order valence-corrected chi connectivity index (χ4v) is 11.6. The third-order valence-corrected chi connectivity index (χ3v) is 14.7. The molecule has 2 aromatic carbocycles. The summed E-state index contributed by atoms with van der Waals surface area (Å²) >= 11 is 28.3. The van der Waals surface area contributed by atoms with Crippen LogP contribution < -0.4 is 10.6 Å². The molecule has 310 valence electrons. The van der Waals surface area contributed by atoms with Gasteiger partial charge in [-0.3, -0.25) is 14.1 Å². The van der Waals surface area contributed by atoms with Crippen LogP contribution in [0.25, 0.3) is 21.9 Å². The Morgan fingerprint density at radius 1 is 0.831 bits per heavy atom. The molecule has 5 aromatic rings. The van der Waals surface area contributed by atoms with Crippen molar-refractivity contribution < 1.29 is 35.2 Å². The van der Waals surface area contributed by atoms with Gasteiger partial charge in [-0.2, -0.15) is 18.6 Å². The smallest absolute Gasteiger partial charge is 0.351 e. The first-order valence-electron chi connectivity index (χ1n) is 18.0. The zero-order valence-electron chi connectivity index (χ0n) is 30.5. The van der Waals surface area contributed by atoms with Crippen LogP contribution in [-0.2, 0) is 40.0 Å². The Morgan fingerprint density at radius 3 is 2.02 bits per heavy atom. The lowest BCUT2D eigenvalue weighted by Crippen LogP contribution is -2.31. The maximum Gasteiger partial charge on any atom is 0.425 e. The average Bonchev–Trinajstić information content (AvgIpc) is 3.92. The number of thioether (sulfide) groups is 1. The molecule has 0 saturated heterocycles. The molecule has 2 aliphatic carbocycles. The minimum atomic E-state index is -4.46. The molecule has 14 nitrogen and oxygen atoms in total. The van der Waals surface area contributed by atoms with Gasteiger partial charge in [0.2, 0.25) is 0 Å². The topological polar surface area (TPSA) is 199 Å². The van der Waals surface area contributed by atoms with Crippen LogP contribution in [0.4, 0.5) is 0 Å². The van der Waals surface area contributed by atoms with Gasteiger partial charge in [0.1, 0.15) is 4.21 Å². The summed E-state index contributed by atoms with van der Waals surface area (Å²) in [5, 5.41) is 19.3. The molecule has 8 rings (SSSR count). The number of rotatable bonds is 9. The second-order valence-corrected chi connectivity index (χ2v) is 19.5. The number of thiophene rings is 1. The van der Waals surface area contributed by atoms with E-state index < -0.39 is 26.6 Å². The third kappa shape index (κ3) is 9.30. The van der Waals surface area contributed by atoms with Gasteiger partial charge in [-0.15, -0.1) is 35.7 Å². The molecule has 3 N–H and O–H groups in total. The van der Waals surface area contributed by atoms with Gasteiger partial charge in [-0.25, -0.2) is 9.36 Å². The lowest BCUT2D eigenvalue weighted by molar-refractivity contribution is 0.0945. The Balaban J connectivity index is 0.00000126. The van der Waals surface area contributed by atoms with Gasteiger partial charge in [0, 0.05) is 34.3 Å². The van der Waals surface area contributed by atoms with Gasteiger partial charge in [0.05, 0.1) is 42.9 Å². The number of fused-ring (bicyclic) bond motifs is 6. The SMILES string of the molecule is O=C(NCCCNC(=O)c1nn(-c2ccc(Cl)cc2Cl)c2c1CCCC1C=CSC21)c1nn(-c2ccc(Cl)cc2Cl)c2c1CCCc1cc(S(=O)(=O)O)sc1-2.O=S(=O)=O. The monoisotopic (exact) mass is 956 g/mol. The van der Waals surface area contributed by atoms with Gasteiger partial charge in [-0.05, 0) is 104 Å². The van der Waals surface area contributed by atoms with Crippen molar-refractivity contribution in [3.63, 3.8) is 0 Å². The van der Waals surface area contributed by atoms with Crippen LogP contribution in [-0.4, -0.2) is 70.1 Å². The van der Waals surface area contributed by atoms with Crippen molar-refractivity contribution in [1.29, 1.82) is 0 Å². The quantitative estimate of drug-likeness (QED) is 0.0958. The zero-order valence-corrected chi connectivity index (χ0v) is 36.7. The van der Waals surface area contributed by atoms with E-state index in [9.17, 15) is 22.6 Å². The Labute approximate surface area is 368 Å². The van der Waals surface area contributed by atoms with E-state index >= 15 is 0 Å². The molecular formula is C37H32Cl4N6O8S4. The van der Waals surface area contributed by atoms with E-state index in [0.29, 0.717) is 86.3 Å². The van der Waals surface area contributed by atoms with Crippen LogP contribution in [0.3, 0.4) is 0 Å². The Bertz CT molecular complexity index is 2750. The second kappa shape index (κ2) is 18.1. The largest absolute Gasteiger partial charge is 0.425 e. The summed E-state index contributed by atoms with van der Waals surface area (Å²) in [6.45, 7) is 0.507. The summed E-state index contributed by atoms with van der Waals surface area (Å²) < 4.78 is 62.5. The van der Waals surface area contributed by atoms with Crippen LogP contribution >= 0.6 is 69.5 Å². The number of aromatic nitrogens is 4. The summed E-state index contributed by atoms with van der Waals surface area (Å²) in [5.41, 5.74) is 5.42. The number of carbonyl (C=O) groups excluding carboxylic acids is 2. The van der Waals surface area contributed by atoms with Crippen molar-refractivity contribution >= 4 is 102 Å². The summed E-state index contributed by atoms with van der Waals surface area (Å²) in [6.07, 6.45) is 6.94. The lowest BCUT2D eigenvalue weighted by Gasteiger charge is -2.19. The van der Waals surface area contributed by atoms with Crippen molar-refractivity contribution in [3.05, 3.63) is 108 Å². The summed E-state index contributed by atoms with van der Waals surface area (Å²) in [4.78, 5) is 28.1. The molecule has 59 heavy (non-hydrogen) atoms. The number of nitrogens with zero attached hydrogens (tertiary/aromatic N) is 4. The van der Waals surface area contributed by atoms with Crippen molar-refractivity contribution in [3.8, 4) is 21.9 Å². The molecule has 0 saturated carbocycles. The van der Waals surface area contributed by atoms with Crippen molar-refractivity contribution in [2.24, 2.45) is 5.92 Å². The predicted octanol–water partition coefficient (Wildman–Crippen LogP) is 7.94. The van der Waals surface area contributed by atoms with Gasteiger partial charge in [0.15, 0.2) is 11.4 Å². The molecule has 2 unspecified atom stereocenters. The highest BCUT2D eigenvalue weighted by Gasteiger charge is 2.37. The van der Waals surface area contributed by atoms with Crippen molar-refractivity contribution in [2.45, 2.75) is 54.4 Å². The standard InChI is InChI=1S/C37H32Cl4N6O5S3.O3S/c38-21-8-10-27(25(40)17-21)46-32-23(6-1-4-19-12-15-53-34(19)32)30(44-46)36(48)42-13-3-14-43-37(49)31-24-7-2-5-20-16-29(55(50,51)52)54-35(20)33(24)47(45-31)28-11-9-22(39)18-26(28)41;1-4(2)3/h8-12,15-19,34H,1-7,13-14H2,(H,42,48)(H,43,49)(H,50,51,52);. The number of aryl methyl sites for hydroxylation is 1. The van der Waals surface area contributed by atoms with E-state index in [1.54, 1.807) is 51.5 Å². The Kier molecular flexibility index (Phi) is 13.3. The van der Waals surface area contributed by atoms with E-state index in [0.717, 1.165) is 41.0 Å². The molecule has 0 spiro atoms. The molecule has 0 bridgehead atoms. The van der Waals surface area contributed by atoms with Gasteiger partial charge in [0.25, 0.3) is 11.8 Å². The molecule has 22 heteroatoms. The first-order chi connectivity index (χ1) is 28.1. The summed E-state index contributed by atoms with van der Waals surface area (Å²) in [6, 6.07) is 11.6. The fourth-order valence-electron chi connectivity index (χ4n) is 7.45. The van der Waals surface area contributed by atoms with E-state index in [1.807, 2.05) is 6.07 Å². The third-order valence-electron chi connectivity index (χ3n) is 9.94. The van der Waals surface area contributed by atoms with E-state index in [2.05, 4.69) is 22.1 Å². The molecular weight excluding hydrogens is 927 g/mol. The van der Waals surface area contributed by atoms with E-state index in [-0.39, 0.29) is 39.2 Å². The highest BCUT2D eigenvalue weighted by Crippen LogP contribution is 2.50. The summed E-state index contributed by atoms with van der Waals surface area (Å²) in [5.74, 6) is -0.401. The minimum Gasteiger partial charge on any atom is -0.351 e. The highest BCUT2D eigenvalue weighted by molar-refractivity contribution is 8.02. The molecule has 0 radical (unpaired) electrons. The lowest BCUT2D eigenvalue weighted by atomic mass is 10.00. The van der Waals surface area contributed by atoms with Crippen molar-refractivity contribution in [1.82, 2.24) is 30.2 Å². The van der Waals surface area contributed by atoms with Gasteiger partial charge in [-0.1, -0.05) is 52.5 Å². The molecule has 3 aromatic heterocycles. The molecule has 1 aliphatic heterocycles. The number of nitrogens with one attached hydrogen (secondary N) is 2. The van der Waals surface area contributed by atoms with Crippen LogP contribution in [0.5, 0.6) is 0 Å². The molecule has 2 amide bonds. The second-order valence-electron chi connectivity index (χ2n) is 13.7. The molecule has 0 fully saturated rings. The minimum absolute atomic E-state index is 0.110. The molecule has 4 heterocycles. The summed E-state index contributed by atoms with van der Waals surface area (Å²) in [7, 11) is -7.57. The van der Waals surface area contributed by atoms with E-state index in [1.165, 1.54) is 6.07 Å². The number of amides is 2. The van der Waals surface area contributed by atoms with Crippen LogP contribution in [0.1, 0.15) is 74.3 Å². The first kappa shape index (κ1) is 43.4. The van der Waals surface area contributed by atoms with Crippen LogP contribution in [0.15, 0.2) is 58.2 Å². The number of carbonyl (C=O) groups is 2. The highest BCUT2D eigenvalue weighted by atomic mass is 35.5. The molecule has 2 atom stereocenters. The number of hydrogen-bond donors (Lipinski definition) is 3. The fraction of sp³-hybridized carbons (Fsp3) is 0.297. The molecule has 3 aliphatic rings. The Morgan fingerprint density at radius 2 is 1.41 bits per heavy atom. The van der Waals surface area contributed by atoms with Gasteiger partial charge >= 0.3 is 20.7 Å². The predicted molar refractivity (Wildman–Crippen MR) is 227 cm³/mol. The van der Waals surface area contributed by atoms with Gasteiger partial charge < -0.3 is 10.6 Å². The Hall–Kier alpha value is -3.72. The number of hydrogen-bond acceptors (Lipinski definition) is 11. The number of benzene rings is 2. The number of halogens is 4. The normalized spacial score (nSPS) is 16.7. The van der Waals surface area contributed by atoms with E-state index in [4.69, 9.17) is 69.2 Å². The van der Waals surface area contributed by atoms with Crippen LogP contribution in [0, 0.1) is 5.92 Å². The maximum absolute atomic E-state index is 13.8. The maximum atomic E-state index is 13.8. The average molecular weight is 959 g/mol. The van der Waals surface area contributed by atoms with Crippen LogP contribution in [0.2, 0.25) is 20.1 Å². The number of allylic oxidation sites excluding steroid dienone is 1. The van der Waals surface area contributed by atoms with Crippen molar-refractivity contribution in [2.75, 3.05) is 13.1 Å².